The molecule has 5 heteroatoms. The third kappa shape index (κ3) is 3.22. The Bertz CT molecular complexity index is 585. The Balaban J connectivity index is 2.42. The van der Waals surface area contributed by atoms with E-state index in [0.29, 0.717) is 28.4 Å². The molecular weight excluding hydrogens is 270 g/mol. The number of rotatable bonds is 6. The lowest BCUT2D eigenvalue weighted by molar-refractivity contribution is 0.0949. The molecule has 0 aromatic heterocycles. The number of carbonyl (C=O) groups excluding carboxylic acids is 1. The summed E-state index contributed by atoms with van der Waals surface area (Å²) in [5.41, 5.74) is 1.21. The summed E-state index contributed by atoms with van der Waals surface area (Å²) in [6, 6.07) is 1.94. The normalized spacial score (nSPS) is 13.2. The Morgan fingerprint density at radius 2 is 2.10 bits per heavy atom. The number of carbonyl (C=O) groups is 1. The van der Waals surface area contributed by atoms with Gasteiger partial charge < -0.3 is 19.5 Å². The first-order chi connectivity index (χ1) is 10.1. The van der Waals surface area contributed by atoms with Crippen molar-refractivity contribution >= 4 is 5.91 Å². The quantitative estimate of drug-likeness (QED) is 0.813. The van der Waals surface area contributed by atoms with Gasteiger partial charge in [0.05, 0.1) is 14.2 Å². The molecule has 21 heavy (non-hydrogen) atoms. The zero-order valence-electron chi connectivity index (χ0n) is 12.5. The molecule has 112 valence electrons. The van der Waals surface area contributed by atoms with Gasteiger partial charge in [-0.3, -0.25) is 4.79 Å². The minimum absolute atomic E-state index is 0.0970. The van der Waals surface area contributed by atoms with Crippen LogP contribution in [-0.2, 0) is 0 Å². The SMILES string of the molecule is C#CCOc1c(OC)cc(C(=O)NC2CC2)c(C)c1OC. The molecule has 0 unspecified atom stereocenters. The smallest absolute Gasteiger partial charge is 0.252 e. The fourth-order valence-corrected chi connectivity index (χ4v) is 2.08. The Hall–Kier alpha value is -2.35. The lowest BCUT2D eigenvalue weighted by atomic mass is 10.1. The minimum Gasteiger partial charge on any atom is -0.493 e. The van der Waals surface area contributed by atoms with E-state index in [9.17, 15) is 4.79 Å². The van der Waals surface area contributed by atoms with Gasteiger partial charge in [-0.1, -0.05) is 5.92 Å². The molecule has 0 atom stereocenters. The van der Waals surface area contributed by atoms with Gasteiger partial charge in [-0.15, -0.1) is 6.42 Å². The van der Waals surface area contributed by atoms with Crippen molar-refractivity contribution in [3.8, 4) is 29.6 Å². The monoisotopic (exact) mass is 289 g/mol. The topological polar surface area (TPSA) is 56.8 Å². The highest BCUT2D eigenvalue weighted by Gasteiger charge is 2.27. The van der Waals surface area contributed by atoms with Crippen LogP contribution < -0.4 is 19.5 Å². The summed E-state index contributed by atoms with van der Waals surface area (Å²) in [7, 11) is 3.03. The number of hydrogen-bond donors (Lipinski definition) is 1. The van der Waals surface area contributed by atoms with E-state index in [2.05, 4.69) is 11.2 Å². The molecule has 5 nitrogen and oxygen atoms in total. The van der Waals surface area contributed by atoms with Crippen LogP contribution in [0.4, 0.5) is 0 Å². The van der Waals surface area contributed by atoms with Crippen molar-refractivity contribution in [3.63, 3.8) is 0 Å². The molecule has 1 fully saturated rings. The number of ether oxygens (including phenoxy) is 3. The molecule has 1 amide bonds. The van der Waals surface area contributed by atoms with E-state index in [0.717, 1.165) is 12.8 Å². The first-order valence-electron chi connectivity index (χ1n) is 6.75. The number of benzene rings is 1. The molecule has 2 rings (SSSR count). The average Bonchev–Trinajstić information content (AvgIpc) is 3.28. The van der Waals surface area contributed by atoms with Gasteiger partial charge in [0.25, 0.3) is 5.91 Å². The molecule has 0 aliphatic heterocycles. The van der Waals surface area contributed by atoms with Crippen molar-refractivity contribution in [1.29, 1.82) is 0 Å². The maximum Gasteiger partial charge on any atom is 0.252 e. The van der Waals surface area contributed by atoms with Crippen LogP contribution in [0, 0.1) is 19.3 Å². The van der Waals surface area contributed by atoms with Crippen molar-refractivity contribution in [1.82, 2.24) is 5.32 Å². The van der Waals surface area contributed by atoms with Gasteiger partial charge in [0.1, 0.15) is 6.61 Å². The third-order valence-corrected chi connectivity index (χ3v) is 3.33. The Labute approximate surface area is 124 Å². The lowest BCUT2D eigenvalue weighted by Gasteiger charge is -2.18. The second-order valence-electron chi connectivity index (χ2n) is 4.85. The van der Waals surface area contributed by atoms with Gasteiger partial charge in [-0.25, -0.2) is 0 Å². The van der Waals surface area contributed by atoms with Crippen molar-refractivity contribution < 1.29 is 19.0 Å². The number of nitrogens with one attached hydrogen (secondary N) is 1. The summed E-state index contributed by atoms with van der Waals surface area (Å²) >= 11 is 0. The first-order valence-corrected chi connectivity index (χ1v) is 6.75. The molecule has 1 saturated carbocycles. The van der Waals surface area contributed by atoms with Gasteiger partial charge in [0.2, 0.25) is 5.75 Å². The van der Waals surface area contributed by atoms with E-state index in [1.54, 1.807) is 6.07 Å². The Morgan fingerprint density at radius 3 is 2.62 bits per heavy atom. The fraction of sp³-hybridized carbons (Fsp3) is 0.438. The summed E-state index contributed by atoms with van der Waals surface area (Å²) in [6.07, 6.45) is 7.28. The van der Waals surface area contributed by atoms with Gasteiger partial charge in [0.15, 0.2) is 11.5 Å². The van der Waals surface area contributed by atoms with E-state index < -0.39 is 0 Å². The highest BCUT2D eigenvalue weighted by Crippen LogP contribution is 2.42. The molecule has 1 aromatic rings. The molecule has 1 aromatic carbocycles. The second kappa shape index (κ2) is 6.40. The molecule has 0 saturated heterocycles. The summed E-state index contributed by atoms with van der Waals surface area (Å²) in [4.78, 5) is 12.3. The van der Waals surface area contributed by atoms with Gasteiger partial charge in [0, 0.05) is 17.2 Å². The maximum atomic E-state index is 12.3. The predicted octanol–water partition coefficient (Wildman–Crippen LogP) is 1.92. The van der Waals surface area contributed by atoms with Crippen LogP contribution in [0.5, 0.6) is 17.2 Å². The van der Waals surface area contributed by atoms with Gasteiger partial charge in [-0.2, -0.15) is 0 Å². The number of methoxy groups -OCH3 is 2. The van der Waals surface area contributed by atoms with E-state index in [1.807, 2.05) is 6.92 Å². The third-order valence-electron chi connectivity index (χ3n) is 3.33. The second-order valence-corrected chi connectivity index (χ2v) is 4.85. The predicted molar refractivity (Wildman–Crippen MR) is 79.1 cm³/mol. The number of terminal acetylenes is 1. The number of amides is 1. The summed E-state index contributed by atoms with van der Waals surface area (Å²) < 4.78 is 16.2. The largest absolute Gasteiger partial charge is 0.493 e. The van der Waals surface area contributed by atoms with Crippen molar-refractivity contribution in [2.24, 2.45) is 0 Å². The molecule has 0 bridgehead atoms. The first kappa shape index (κ1) is 15.0. The standard InChI is InChI=1S/C16H19NO4/c1-5-8-21-15-13(19-3)9-12(10(2)14(15)20-4)16(18)17-11-6-7-11/h1,9,11H,6-8H2,2-4H3,(H,17,18). The molecule has 0 radical (unpaired) electrons. The van der Waals surface area contributed by atoms with Crippen molar-refractivity contribution in [2.75, 3.05) is 20.8 Å². The Morgan fingerprint density at radius 1 is 1.38 bits per heavy atom. The van der Waals surface area contributed by atoms with Crippen LogP contribution >= 0.6 is 0 Å². The summed E-state index contributed by atoms with van der Waals surface area (Å²) in [6.45, 7) is 1.91. The van der Waals surface area contributed by atoms with Crippen molar-refractivity contribution in [3.05, 3.63) is 17.2 Å². The molecule has 1 N–H and O–H groups in total. The van der Waals surface area contributed by atoms with Crippen LogP contribution in [0.3, 0.4) is 0 Å². The number of hydrogen-bond acceptors (Lipinski definition) is 4. The average molecular weight is 289 g/mol. The van der Waals surface area contributed by atoms with E-state index in [4.69, 9.17) is 20.6 Å². The summed E-state index contributed by atoms with van der Waals surface area (Å²) in [5.74, 6) is 3.57. The van der Waals surface area contributed by atoms with Gasteiger partial charge in [-0.05, 0) is 25.8 Å². The fourth-order valence-electron chi connectivity index (χ4n) is 2.08. The van der Waals surface area contributed by atoms with E-state index in [-0.39, 0.29) is 18.6 Å². The van der Waals surface area contributed by atoms with Crippen LogP contribution in [0.15, 0.2) is 6.07 Å². The zero-order chi connectivity index (χ0) is 15.4. The minimum atomic E-state index is -0.130. The molecule has 1 aliphatic rings. The van der Waals surface area contributed by atoms with Crippen molar-refractivity contribution in [2.45, 2.75) is 25.8 Å². The summed E-state index contributed by atoms with van der Waals surface area (Å²) in [5, 5.41) is 2.95. The zero-order valence-corrected chi connectivity index (χ0v) is 12.5. The molecule has 0 heterocycles. The highest BCUT2D eigenvalue weighted by molar-refractivity contribution is 5.97. The van der Waals surface area contributed by atoms with Gasteiger partial charge >= 0.3 is 0 Å². The van der Waals surface area contributed by atoms with Crippen LogP contribution in [-0.4, -0.2) is 32.8 Å². The lowest BCUT2D eigenvalue weighted by Crippen LogP contribution is -2.26. The highest BCUT2D eigenvalue weighted by atomic mass is 16.5. The molecular formula is C16H19NO4. The molecule has 0 spiro atoms. The van der Waals surface area contributed by atoms with Crippen LogP contribution in [0.25, 0.3) is 0 Å². The van der Waals surface area contributed by atoms with E-state index in [1.165, 1.54) is 14.2 Å². The molecule has 1 aliphatic carbocycles. The van der Waals surface area contributed by atoms with E-state index >= 15 is 0 Å². The Kier molecular flexibility index (Phi) is 4.59. The maximum absolute atomic E-state index is 12.3. The van der Waals surface area contributed by atoms with Crippen LogP contribution in [0.2, 0.25) is 0 Å². The van der Waals surface area contributed by atoms with Crippen LogP contribution in [0.1, 0.15) is 28.8 Å².